The molecule has 0 bridgehead atoms. The minimum Gasteiger partial charge on any atom is -0.346 e. The summed E-state index contributed by atoms with van der Waals surface area (Å²) in [5.41, 5.74) is 3.51. The minimum absolute atomic E-state index is 0.663. The van der Waals surface area contributed by atoms with E-state index in [0.717, 1.165) is 18.0 Å². The third-order valence-electron chi connectivity index (χ3n) is 3.08. The van der Waals surface area contributed by atoms with Crippen molar-refractivity contribution in [3.8, 4) is 0 Å². The summed E-state index contributed by atoms with van der Waals surface area (Å²) in [7, 11) is 1.96. The van der Waals surface area contributed by atoms with Crippen molar-refractivity contribution in [1.29, 1.82) is 0 Å². The molecule has 3 rings (SSSR count). The van der Waals surface area contributed by atoms with Crippen LogP contribution in [0.5, 0.6) is 0 Å². The summed E-state index contributed by atoms with van der Waals surface area (Å²) in [5.74, 6) is 1.53. The number of nitrogens with zero attached hydrogens (tertiary/aromatic N) is 2. The predicted octanol–water partition coefficient (Wildman–Crippen LogP) is 1.86. The van der Waals surface area contributed by atoms with Gasteiger partial charge in [0, 0.05) is 24.0 Å². The van der Waals surface area contributed by atoms with Gasteiger partial charge in [0.15, 0.2) is 0 Å². The molecule has 0 amide bonds. The summed E-state index contributed by atoms with van der Waals surface area (Å²) >= 11 is 0. The number of rotatable bonds is 3. The van der Waals surface area contributed by atoms with Crippen LogP contribution in [0.1, 0.15) is 35.8 Å². The van der Waals surface area contributed by atoms with E-state index in [-0.39, 0.29) is 0 Å². The van der Waals surface area contributed by atoms with Crippen LogP contribution in [0.25, 0.3) is 11.0 Å². The molecule has 2 heterocycles. The summed E-state index contributed by atoms with van der Waals surface area (Å²) in [6.45, 7) is 2.83. The molecule has 0 aromatic carbocycles. The Kier molecular flexibility index (Phi) is 2.17. The quantitative estimate of drug-likeness (QED) is 0.823. The Bertz CT molecular complexity index is 525. The van der Waals surface area contributed by atoms with E-state index in [1.807, 2.05) is 20.2 Å². The molecule has 2 aromatic heterocycles. The standard InChI is InChI=1S/C12H16N4/c1-7-15-11(8-3-4-8)10-9(5-13-2)6-14-12(10)16-7/h6,8,13H,3-5H2,1-2H3,(H,14,15,16). The van der Waals surface area contributed by atoms with Crippen molar-refractivity contribution < 1.29 is 0 Å². The van der Waals surface area contributed by atoms with Crippen LogP contribution in [0.3, 0.4) is 0 Å². The maximum absolute atomic E-state index is 4.62. The number of H-pyrrole nitrogens is 1. The summed E-state index contributed by atoms with van der Waals surface area (Å²) in [6, 6.07) is 0. The molecule has 1 aliphatic rings. The molecule has 0 radical (unpaired) electrons. The Labute approximate surface area is 94.5 Å². The number of fused-ring (bicyclic) bond motifs is 1. The van der Waals surface area contributed by atoms with Gasteiger partial charge in [0.25, 0.3) is 0 Å². The number of aromatic amines is 1. The summed E-state index contributed by atoms with van der Waals surface area (Å²) in [5, 5.41) is 4.43. The van der Waals surface area contributed by atoms with Crippen LogP contribution >= 0.6 is 0 Å². The zero-order chi connectivity index (χ0) is 11.1. The Balaban J connectivity index is 2.22. The van der Waals surface area contributed by atoms with Crippen LogP contribution in [0, 0.1) is 6.92 Å². The van der Waals surface area contributed by atoms with E-state index in [2.05, 4.69) is 20.3 Å². The lowest BCUT2D eigenvalue weighted by Gasteiger charge is -2.04. The summed E-state index contributed by atoms with van der Waals surface area (Å²) in [6.07, 6.45) is 4.59. The molecule has 2 N–H and O–H groups in total. The van der Waals surface area contributed by atoms with E-state index in [1.165, 1.54) is 29.5 Å². The van der Waals surface area contributed by atoms with Gasteiger partial charge in [0.05, 0.1) is 5.69 Å². The second kappa shape index (κ2) is 3.56. The highest BCUT2D eigenvalue weighted by atomic mass is 15.0. The van der Waals surface area contributed by atoms with Gasteiger partial charge >= 0.3 is 0 Å². The van der Waals surface area contributed by atoms with E-state index >= 15 is 0 Å². The van der Waals surface area contributed by atoms with Gasteiger partial charge in [0.1, 0.15) is 11.5 Å². The maximum atomic E-state index is 4.62. The molecule has 1 fully saturated rings. The Morgan fingerprint density at radius 1 is 1.44 bits per heavy atom. The van der Waals surface area contributed by atoms with Crippen molar-refractivity contribution in [3.05, 3.63) is 23.3 Å². The van der Waals surface area contributed by atoms with E-state index in [0.29, 0.717) is 5.92 Å². The molecule has 16 heavy (non-hydrogen) atoms. The van der Waals surface area contributed by atoms with Crippen molar-refractivity contribution in [1.82, 2.24) is 20.3 Å². The van der Waals surface area contributed by atoms with Gasteiger partial charge in [-0.1, -0.05) is 0 Å². The van der Waals surface area contributed by atoms with Gasteiger partial charge in [-0.05, 0) is 32.4 Å². The zero-order valence-corrected chi connectivity index (χ0v) is 9.67. The van der Waals surface area contributed by atoms with E-state index in [9.17, 15) is 0 Å². The lowest BCUT2D eigenvalue weighted by molar-refractivity contribution is 0.821. The van der Waals surface area contributed by atoms with Crippen LogP contribution in [0.2, 0.25) is 0 Å². The zero-order valence-electron chi connectivity index (χ0n) is 9.67. The van der Waals surface area contributed by atoms with Gasteiger partial charge in [-0.15, -0.1) is 0 Å². The SMILES string of the molecule is CNCc1c[nH]c2nc(C)nc(C3CC3)c12. The molecule has 1 aliphatic carbocycles. The topological polar surface area (TPSA) is 53.6 Å². The predicted molar refractivity (Wildman–Crippen MR) is 63.4 cm³/mol. The maximum Gasteiger partial charge on any atom is 0.141 e. The molecule has 0 saturated heterocycles. The fourth-order valence-corrected chi connectivity index (χ4v) is 2.22. The molecular formula is C12H16N4. The van der Waals surface area contributed by atoms with Crippen molar-refractivity contribution in [3.63, 3.8) is 0 Å². The van der Waals surface area contributed by atoms with Crippen LogP contribution in [-0.4, -0.2) is 22.0 Å². The average Bonchev–Trinajstić information content (AvgIpc) is 3.02. The molecule has 0 unspecified atom stereocenters. The average molecular weight is 216 g/mol. The Morgan fingerprint density at radius 3 is 2.94 bits per heavy atom. The van der Waals surface area contributed by atoms with E-state index in [4.69, 9.17) is 0 Å². The first kappa shape index (κ1) is 9.78. The van der Waals surface area contributed by atoms with Crippen molar-refractivity contribution >= 4 is 11.0 Å². The molecule has 0 atom stereocenters. The van der Waals surface area contributed by atoms with Gasteiger partial charge in [-0.3, -0.25) is 0 Å². The minimum atomic E-state index is 0.663. The molecule has 84 valence electrons. The molecular weight excluding hydrogens is 200 g/mol. The van der Waals surface area contributed by atoms with Gasteiger partial charge in [-0.2, -0.15) is 0 Å². The molecule has 2 aromatic rings. The third kappa shape index (κ3) is 1.50. The van der Waals surface area contributed by atoms with Gasteiger partial charge in [-0.25, -0.2) is 9.97 Å². The normalized spacial score (nSPS) is 15.9. The fraction of sp³-hybridized carbons (Fsp3) is 0.500. The first-order valence-corrected chi connectivity index (χ1v) is 5.78. The van der Waals surface area contributed by atoms with Crippen LogP contribution in [0.15, 0.2) is 6.20 Å². The first-order chi connectivity index (χ1) is 7.79. The monoisotopic (exact) mass is 216 g/mol. The highest BCUT2D eigenvalue weighted by molar-refractivity contribution is 5.83. The number of nitrogens with one attached hydrogen (secondary N) is 2. The highest BCUT2D eigenvalue weighted by Crippen LogP contribution is 2.42. The van der Waals surface area contributed by atoms with Crippen LogP contribution in [-0.2, 0) is 6.54 Å². The summed E-state index contributed by atoms with van der Waals surface area (Å²) < 4.78 is 0. The molecule has 4 heteroatoms. The largest absolute Gasteiger partial charge is 0.346 e. The number of aryl methyl sites for hydroxylation is 1. The molecule has 1 saturated carbocycles. The van der Waals surface area contributed by atoms with E-state index < -0.39 is 0 Å². The lowest BCUT2D eigenvalue weighted by Crippen LogP contribution is -2.05. The number of hydrogen-bond acceptors (Lipinski definition) is 3. The summed E-state index contributed by atoms with van der Waals surface area (Å²) in [4.78, 5) is 12.3. The highest BCUT2D eigenvalue weighted by Gasteiger charge is 2.28. The van der Waals surface area contributed by atoms with Crippen LogP contribution in [0.4, 0.5) is 0 Å². The lowest BCUT2D eigenvalue weighted by atomic mass is 10.1. The number of aromatic nitrogens is 3. The Hall–Kier alpha value is -1.42. The first-order valence-electron chi connectivity index (χ1n) is 5.78. The van der Waals surface area contributed by atoms with Gasteiger partial charge < -0.3 is 10.3 Å². The fourth-order valence-electron chi connectivity index (χ4n) is 2.22. The van der Waals surface area contributed by atoms with Crippen molar-refractivity contribution in [2.24, 2.45) is 0 Å². The van der Waals surface area contributed by atoms with Gasteiger partial charge in [0.2, 0.25) is 0 Å². The molecule has 0 spiro atoms. The van der Waals surface area contributed by atoms with Crippen LogP contribution < -0.4 is 5.32 Å². The van der Waals surface area contributed by atoms with Crippen molar-refractivity contribution in [2.75, 3.05) is 7.05 Å². The van der Waals surface area contributed by atoms with Crippen molar-refractivity contribution in [2.45, 2.75) is 32.2 Å². The smallest absolute Gasteiger partial charge is 0.141 e. The van der Waals surface area contributed by atoms with E-state index in [1.54, 1.807) is 0 Å². The Morgan fingerprint density at radius 2 is 2.25 bits per heavy atom. The third-order valence-corrected chi connectivity index (χ3v) is 3.08. The number of hydrogen-bond donors (Lipinski definition) is 2. The second-order valence-corrected chi connectivity index (χ2v) is 4.50. The molecule has 0 aliphatic heterocycles. The molecule has 4 nitrogen and oxygen atoms in total. The second-order valence-electron chi connectivity index (χ2n) is 4.50.